The van der Waals surface area contributed by atoms with Gasteiger partial charge in [-0.15, -0.1) is 11.3 Å². The summed E-state index contributed by atoms with van der Waals surface area (Å²) in [6, 6.07) is 0. The van der Waals surface area contributed by atoms with Gasteiger partial charge in [0.05, 0.1) is 5.69 Å². The predicted octanol–water partition coefficient (Wildman–Crippen LogP) is 2.25. The summed E-state index contributed by atoms with van der Waals surface area (Å²) in [5.41, 5.74) is 7.19. The summed E-state index contributed by atoms with van der Waals surface area (Å²) in [7, 11) is 0. The van der Waals surface area contributed by atoms with E-state index in [9.17, 15) is 0 Å². The molecular weight excluding hydrogens is 198 g/mol. The van der Waals surface area contributed by atoms with Crippen LogP contribution in [-0.4, -0.2) is 9.97 Å². The van der Waals surface area contributed by atoms with Gasteiger partial charge in [-0.25, -0.2) is 9.97 Å². The van der Waals surface area contributed by atoms with Gasteiger partial charge in [0.2, 0.25) is 0 Å². The number of oxazole rings is 1. The molecule has 0 aliphatic heterocycles. The minimum absolute atomic E-state index is 0.550. The predicted molar refractivity (Wildman–Crippen MR) is 56.1 cm³/mol. The van der Waals surface area contributed by atoms with Crippen molar-refractivity contribution in [3.8, 4) is 11.5 Å². The van der Waals surface area contributed by atoms with Crippen molar-refractivity contribution in [2.75, 3.05) is 5.73 Å². The fraction of sp³-hybridized carbons (Fsp3) is 0.333. The smallest absolute Gasteiger partial charge is 0.194 e. The van der Waals surface area contributed by atoms with E-state index in [1.807, 2.05) is 19.2 Å². The highest BCUT2D eigenvalue weighted by Crippen LogP contribution is 2.26. The quantitative estimate of drug-likeness (QED) is 0.823. The standard InChI is InChI=1S/C9H11N3OS/c1-3-7-11-5(2)8(13-7)6-4-14-9(10)12-6/h4H,3H2,1-2H3,(H2,10,12). The number of aromatic nitrogens is 2. The lowest BCUT2D eigenvalue weighted by Gasteiger charge is -1.89. The Morgan fingerprint density at radius 2 is 2.29 bits per heavy atom. The van der Waals surface area contributed by atoms with Crippen molar-refractivity contribution in [1.82, 2.24) is 9.97 Å². The molecule has 14 heavy (non-hydrogen) atoms. The molecule has 2 N–H and O–H groups in total. The molecule has 0 aliphatic carbocycles. The second-order valence-corrected chi connectivity index (χ2v) is 3.84. The highest BCUT2D eigenvalue weighted by molar-refractivity contribution is 7.13. The molecule has 2 aromatic heterocycles. The first-order valence-corrected chi connectivity index (χ1v) is 5.26. The summed E-state index contributed by atoms with van der Waals surface area (Å²) in [4.78, 5) is 8.42. The van der Waals surface area contributed by atoms with E-state index < -0.39 is 0 Å². The molecule has 5 heteroatoms. The molecule has 0 spiro atoms. The number of hydrogen-bond acceptors (Lipinski definition) is 5. The maximum atomic E-state index is 5.55. The van der Waals surface area contributed by atoms with Gasteiger partial charge in [-0.1, -0.05) is 6.92 Å². The minimum atomic E-state index is 0.550. The number of nitrogens with two attached hydrogens (primary N) is 1. The number of aryl methyl sites for hydroxylation is 2. The second kappa shape index (κ2) is 3.42. The van der Waals surface area contributed by atoms with Crippen molar-refractivity contribution in [2.24, 2.45) is 0 Å². The lowest BCUT2D eigenvalue weighted by atomic mass is 10.3. The lowest BCUT2D eigenvalue weighted by molar-refractivity contribution is 0.512. The summed E-state index contributed by atoms with van der Waals surface area (Å²) < 4.78 is 5.54. The highest BCUT2D eigenvalue weighted by Gasteiger charge is 2.12. The van der Waals surface area contributed by atoms with Gasteiger partial charge in [0.1, 0.15) is 5.69 Å². The van der Waals surface area contributed by atoms with Gasteiger partial charge in [0, 0.05) is 11.8 Å². The van der Waals surface area contributed by atoms with Crippen LogP contribution in [0.2, 0.25) is 0 Å². The molecule has 0 aromatic carbocycles. The molecule has 0 radical (unpaired) electrons. The maximum Gasteiger partial charge on any atom is 0.194 e. The molecule has 0 unspecified atom stereocenters. The number of nitrogens with zero attached hydrogens (tertiary/aromatic N) is 2. The Morgan fingerprint density at radius 1 is 1.50 bits per heavy atom. The van der Waals surface area contributed by atoms with E-state index in [-0.39, 0.29) is 0 Å². The first-order valence-electron chi connectivity index (χ1n) is 4.38. The van der Waals surface area contributed by atoms with Crippen molar-refractivity contribution in [1.29, 1.82) is 0 Å². The van der Waals surface area contributed by atoms with E-state index >= 15 is 0 Å². The number of nitrogen functional groups attached to an aromatic ring is 1. The average molecular weight is 209 g/mol. The third-order valence-corrected chi connectivity index (χ3v) is 2.57. The Labute approximate surface area is 85.8 Å². The van der Waals surface area contributed by atoms with Gasteiger partial charge in [0.25, 0.3) is 0 Å². The van der Waals surface area contributed by atoms with Gasteiger partial charge < -0.3 is 10.2 Å². The molecule has 74 valence electrons. The van der Waals surface area contributed by atoms with E-state index in [2.05, 4.69) is 9.97 Å². The van der Waals surface area contributed by atoms with Crippen molar-refractivity contribution in [2.45, 2.75) is 20.3 Å². The van der Waals surface area contributed by atoms with E-state index in [0.29, 0.717) is 5.13 Å². The van der Waals surface area contributed by atoms with Crippen LogP contribution < -0.4 is 5.73 Å². The van der Waals surface area contributed by atoms with Gasteiger partial charge >= 0.3 is 0 Å². The fourth-order valence-corrected chi connectivity index (χ4v) is 1.78. The molecule has 4 nitrogen and oxygen atoms in total. The van der Waals surface area contributed by atoms with Crippen molar-refractivity contribution >= 4 is 16.5 Å². The van der Waals surface area contributed by atoms with Gasteiger partial charge in [-0.05, 0) is 6.92 Å². The van der Waals surface area contributed by atoms with Crippen LogP contribution in [0.1, 0.15) is 18.5 Å². The van der Waals surface area contributed by atoms with Crippen LogP contribution in [0.5, 0.6) is 0 Å². The Balaban J connectivity index is 2.45. The van der Waals surface area contributed by atoms with Gasteiger partial charge in [-0.3, -0.25) is 0 Å². The zero-order chi connectivity index (χ0) is 10.1. The van der Waals surface area contributed by atoms with Crippen LogP contribution in [0.3, 0.4) is 0 Å². The summed E-state index contributed by atoms with van der Waals surface area (Å²) in [5, 5.41) is 2.43. The average Bonchev–Trinajstić information content (AvgIpc) is 2.71. The first kappa shape index (κ1) is 9.21. The SMILES string of the molecule is CCc1nc(C)c(-c2csc(N)n2)o1. The van der Waals surface area contributed by atoms with Crippen molar-refractivity contribution in [3.05, 3.63) is 17.0 Å². The normalized spacial score (nSPS) is 10.7. The lowest BCUT2D eigenvalue weighted by Crippen LogP contribution is -1.83. The van der Waals surface area contributed by atoms with Crippen LogP contribution in [0, 0.1) is 6.92 Å². The van der Waals surface area contributed by atoms with E-state index in [0.717, 1.165) is 29.5 Å². The van der Waals surface area contributed by atoms with Crippen molar-refractivity contribution < 1.29 is 4.42 Å². The van der Waals surface area contributed by atoms with Gasteiger partial charge in [-0.2, -0.15) is 0 Å². The molecule has 0 saturated carbocycles. The highest BCUT2D eigenvalue weighted by atomic mass is 32.1. The zero-order valence-corrected chi connectivity index (χ0v) is 8.89. The molecular formula is C9H11N3OS. The Bertz CT molecular complexity index is 447. The Kier molecular flexibility index (Phi) is 2.25. The van der Waals surface area contributed by atoms with Crippen LogP contribution in [0.25, 0.3) is 11.5 Å². The molecule has 2 aromatic rings. The minimum Gasteiger partial charge on any atom is -0.439 e. The fourth-order valence-electron chi connectivity index (χ4n) is 1.23. The third kappa shape index (κ3) is 1.50. The monoisotopic (exact) mass is 209 g/mol. The van der Waals surface area contributed by atoms with Crippen LogP contribution in [0.15, 0.2) is 9.80 Å². The van der Waals surface area contributed by atoms with Crippen molar-refractivity contribution in [3.63, 3.8) is 0 Å². The Morgan fingerprint density at radius 3 is 2.79 bits per heavy atom. The van der Waals surface area contributed by atoms with Crippen LogP contribution >= 0.6 is 11.3 Å². The molecule has 2 rings (SSSR count). The van der Waals surface area contributed by atoms with E-state index in [1.165, 1.54) is 11.3 Å². The molecule has 2 heterocycles. The van der Waals surface area contributed by atoms with Crippen LogP contribution in [0.4, 0.5) is 5.13 Å². The molecule has 0 bridgehead atoms. The summed E-state index contributed by atoms with van der Waals surface area (Å²) in [6.45, 7) is 3.91. The number of thiazole rings is 1. The molecule has 0 saturated heterocycles. The summed E-state index contributed by atoms with van der Waals surface area (Å²) in [5.74, 6) is 1.47. The zero-order valence-electron chi connectivity index (χ0n) is 8.07. The number of hydrogen-bond donors (Lipinski definition) is 1. The third-order valence-electron chi connectivity index (χ3n) is 1.90. The Hall–Kier alpha value is -1.36. The molecule has 0 fully saturated rings. The summed E-state index contributed by atoms with van der Waals surface area (Å²) in [6.07, 6.45) is 0.792. The van der Waals surface area contributed by atoms with E-state index in [4.69, 9.17) is 10.2 Å². The summed E-state index contributed by atoms with van der Waals surface area (Å²) >= 11 is 1.40. The maximum absolute atomic E-state index is 5.55. The van der Waals surface area contributed by atoms with Gasteiger partial charge in [0.15, 0.2) is 16.8 Å². The molecule has 0 aliphatic rings. The number of anilines is 1. The topological polar surface area (TPSA) is 64.9 Å². The van der Waals surface area contributed by atoms with E-state index in [1.54, 1.807) is 0 Å². The molecule has 0 amide bonds. The number of rotatable bonds is 2. The largest absolute Gasteiger partial charge is 0.439 e. The second-order valence-electron chi connectivity index (χ2n) is 2.95. The first-order chi connectivity index (χ1) is 6.70. The van der Waals surface area contributed by atoms with Crippen LogP contribution in [-0.2, 0) is 6.42 Å². The molecule has 0 atom stereocenters.